The number of hydrogen-bond donors (Lipinski definition) is 1. The number of anilines is 1. The second kappa shape index (κ2) is 9.96. The molecule has 3 heterocycles. The van der Waals surface area contributed by atoms with Crippen molar-refractivity contribution in [1.82, 2.24) is 24.8 Å². The van der Waals surface area contributed by atoms with Crippen molar-refractivity contribution in [1.29, 1.82) is 0 Å². The predicted octanol–water partition coefficient (Wildman–Crippen LogP) is 2.07. The van der Waals surface area contributed by atoms with Gasteiger partial charge >= 0.3 is 12.0 Å². The molecule has 11 nitrogen and oxygen atoms in total. The number of pyridine rings is 1. The van der Waals surface area contributed by atoms with E-state index >= 15 is 0 Å². The molecule has 1 saturated heterocycles. The van der Waals surface area contributed by atoms with E-state index in [4.69, 9.17) is 4.74 Å². The van der Waals surface area contributed by atoms with E-state index in [0.29, 0.717) is 18.7 Å². The third-order valence-corrected chi connectivity index (χ3v) is 5.59. The summed E-state index contributed by atoms with van der Waals surface area (Å²) in [6.45, 7) is 5.55. The molecule has 37 heavy (non-hydrogen) atoms. The topological polar surface area (TPSA) is 127 Å². The lowest BCUT2D eigenvalue weighted by molar-refractivity contribution is -0.155. The molecule has 3 amide bonds. The van der Waals surface area contributed by atoms with Crippen LogP contribution in [0.2, 0.25) is 0 Å². The summed E-state index contributed by atoms with van der Waals surface area (Å²) in [5.41, 5.74) is -0.974. The third kappa shape index (κ3) is 5.74. The Morgan fingerprint density at radius 1 is 1.14 bits per heavy atom. The molecule has 2 aromatic heterocycles. The fourth-order valence-electron chi connectivity index (χ4n) is 3.81. The lowest BCUT2D eigenvalue weighted by Gasteiger charge is -2.20. The number of urea groups is 1. The van der Waals surface area contributed by atoms with Crippen molar-refractivity contribution < 1.29 is 23.5 Å². The molecule has 1 aromatic carbocycles. The minimum Gasteiger partial charge on any atom is -0.459 e. The number of likely N-dealkylation sites (N-methyl/N-ethyl adjacent to an activating group) is 1. The molecule has 0 atom stereocenters. The van der Waals surface area contributed by atoms with E-state index in [9.17, 15) is 23.6 Å². The van der Waals surface area contributed by atoms with Crippen LogP contribution >= 0.6 is 0 Å². The maximum atomic E-state index is 13.3. The number of ether oxygens (including phenoxy) is 1. The van der Waals surface area contributed by atoms with Gasteiger partial charge in [0.15, 0.2) is 11.5 Å². The lowest BCUT2D eigenvalue weighted by atomic mass is 10.2. The summed E-state index contributed by atoms with van der Waals surface area (Å²) in [7, 11) is 1.67. The van der Waals surface area contributed by atoms with E-state index in [1.54, 1.807) is 27.8 Å². The van der Waals surface area contributed by atoms with Gasteiger partial charge in [0.1, 0.15) is 29.0 Å². The standard InChI is InChI=1S/C25H27FN6O5/c1-25(2,3)37-20(33)14-32-21-18(29-19(13-27-21)31-10-9-30(4)24(31)36)11-17(23(32)35)22(34)28-12-15-5-7-16(26)8-6-15/h5-8,11,13H,9-10,12,14H2,1-4H3,(H,28,34). The molecule has 1 aliphatic heterocycles. The molecule has 1 N–H and O–H groups in total. The molecule has 0 spiro atoms. The summed E-state index contributed by atoms with van der Waals surface area (Å²) in [5.74, 6) is -1.56. The normalized spacial score (nSPS) is 13.8. The van der Waals surface area contributed by atoms with Crippen molar-refractivity contribution in [3.8, 4) is 0 Å². The van der Waals surface area contributed by atoms with Gasteiger partial charge in [0.05, 0.1) is 6.20 Å². The average molecular weight is 511 g/mol. The Morgan fingerprint density at radius 3 is 2.46 bits per heavy atom. The number of rotatable bonds is 6. The van der Waals surface area contributed by atoms with Gasteiger partial charge in [0.25, 0.3) is 11.5 Å². The summed E-state index contributed by atoms with van der Waals surface area (Å²) in [6, 6.07) is 6.58. The molecule has 0 unspecified atom stereocenters. The highest BCUT2D eigenvalue weighted by Crippen LogP contribution is 2.20. The second-order valence-electron chi connectivity index (χ2n) is 9.64. The average Bonchev–Trinajstić information content (AvgIpc) is 3.16. The number of esters is 1. The minimum atomic E-state index is -0.790. The van der Waals surface area contributed by atoms with E-state index in [1.165, 1.54) is 46.3 Å². The number of halogens is 1. The maximum Gasteiger partial charge on any atom is 0.326 e. The summed E-state index contributed by atoms with van der Waals surface area (Å²) in [5, 5.41) is 2.63. The highest BCUT2D eigenvalue weighted by molar-refractivity contribution is 5.97. The lowest BCUT2D eigenvalue weighted by Crippen LogP contribution is -2.36. The van der Waals surface area contributed by atoms with Crippen LogP contribution in [0.3, 0.4) is 0 Å². The van der Waals surface area contributed by atoms with E-state index < -0.39 is 35.4 Å². The van der Waals surface area contributed by atoms with Gasteiger partial charge in [-0.3, -0.25) is 23.9 Å². The van der Waals surface area contributed by atoms with Crippen LogP contribution in [0.1, 0.15) is 36.7 Å². The number of aromatic nitrogens is 3. The van der Waals surface area contributed by atoms with Gasteiger partial charge in [-0.1, -0.05) is 12.1 Å². The van der Waals surface area contributed by atoms with Gasteiger partial charge in [-0.15, -0.1) is 0 Å². The summed E-state index contributed by atoms with van der Waals surface area (Å²) < 4.78 is 19.6. The van der Waals surface area contributed by atoms with Gasteiger partial charge in [0, 0.05) is 26.7 Å². The van der Waals surface area contributed by atoms with Crippen molar-refractivity contribution in [2.24, 2.45) is 0 Å². The van der Waals surface area contributed by atoms with Gasteiger partial charge in [-0.25, -0.2) is 19.2 Å². The predicted molar refractivity (Wildman–Crippen MR) is 133 cm³/mol. The number of benzene rings is 1. The van der Waals surface area contributed by atoms with E-state index in [2.05, 4.69) is 15.3 Å². The van der Waals surface area contributed by atoms with Gasteiger partial charge < -0.3 is 15.0 Å². The molecule has 12 heteroatoms. The van der Waals surface area contributed by atoms with Crippen molar-refractivity contribution in [2.75, 3.05) is 25.0 Å². The largest absolute Gasteiger partial charge is 0.459 e. The van der Waals surface area contributed by atoms with Crippen LogP contribution in [0.4, 0.5) is 15.0 Å². The Morgan fingerprint density at radius 2 is 1.84 bits per heavy atom. The van der Waals surface area contributed by atoms with Crippen LogP contribution in [0.5, 0.6) is 0 Å². The summed E-state index contributed by atoms with van der Waals surface area (Å²) in [4.78, 5) is 63.1. The molecule has 0 saturated carbocycles. The highest BCUT2D eigenvalue weighted by atomic mass is 19.1. The van der Waals surface area contributed by atoms with Crippen molar-refractivity contribution in [3.05, 3.63) is 63.8 Å². The van der Waals surface area contributed by atoms with E-state index in [0.717, 1.165) is 4.57 Å². The third-order valence-electron chi connectivity index (χ3n) is 5.59. The minimum absolute atomic E-state index is 0.0446. The highest BCUT2D eigenvalue weighted by Gasteiger charge is 2.29. The molecule has 0 aliphatic carbocycles. The Kier molecular flexibility index (Phi) is 6.92. The van der Waals surface area contributed by atoms with Crippen LogP contribution in [0.25, 0.3) is 11.2 Å². The number of carbonyl (C=O) groups excluding carboxylic acids is 3. The first-order chi connectivity index (χ1) is 17.4. The monoisotopic (exact) mass is 510 g/mol. The van der Waals surface area contributed by atoms with Crippen LogP contribution in [0, 0.1) is 5.82 Å². The number of amides is 3. The molecule has 1 fully saturated rings. The van der Waals surface area contributed by atoms with Crippen molar-refractivity contribution >= 4 is 34.9 Å². The molecular weight excluding hydrogens is 483 g/mol. The van der Waals surface area contributed by atoms with E-state index in [1.807, 2.05) is 0 Å². The smallest absolute Gasteiger partial charge is 0.326 e. The van der Waals surface area contributed by atoms with E-state index in [-0.39, 0.29) is 35.1 Å². The van der Waals surface area contributed by atoms with Crippen LogP contribution < -0.4 is 15.8 Å². The molecular formula is C25H27FN6O5. The van der Waals surface area contributed by atoms with Crippen LogP contribution in [-0.4, -0.2) is 63.1 Å². The number of fused-ring (bicyclic) bond motifs is 1. The Balaban J connectivity index is 1.73. The maximum absolute atomic E-state index is 13.3. The number of nitrogens with one attached hydrogen (secondary N) is 1. The zero-order valence-corrected chi connectivity index (χ0v) is 20.9. The SMILES string of the molecule is CN1CCN(c2cnc3c(cc(C(=O)NCc4ccc(F)cc4)c(=O)n3CC(=O)OC(C)(C)C)n2)C1=O. The molecule has 4 rings (SSSR count). The summed E-state index contributed by atoms with van der Waals surface area (Å²) in [6.07, 6.45) is 1.35. The molecule has 0 bridgehead atoms. The fourth-order valence-corrected chi connectivity index (χ4v) is 3.81. The van der Waals surface area contributed by atoms with Gasteiger partial charge in [-0.05, 0) is 44.5 Å². The second-order valence-corrected chi connectivity index (χ2v) is 9.64. The molecule has 0 radical (unpaired) electrons. The van der Waals surface area contributed by atoms with Gasteiger partial charge in [-0.2, -0.15) is 0 Å². The van der Waals surface area contributed by atoms with Crippen LogP contribution in [-0.2, 0) is 22.6 Å². The molecule has 194 valence electrons. The summed E-state index contributed by atoms with van der Waals surface area (Å²) >= 11 is 0. The van der Waals surface area contributed by atoms with Crippen molar-refractivity contribution in [3.63, 3.8) is 0 Å². The molecule has 3 aromatic rings. The number of nitrogens with zero attached hydrogens (tertiary/aromatic N) is 5. The Hall–Kier alpha value is -4.35. The molecule has 1 aliphatic rings. The zero-order valence-electron chi connectivity index (χ0n) is 20.9. The quantitative estimate of drug-likeness (QED) is 0.503. The first-order valence-corrected chi connectivity index (χ1v) is 11.6. The fraction of sp³-hybridized carbons (Fsp3) is 0.360. The first kappa shape index (κ1) is 25.7. The zero-order chi connectivity index (χ0) is 26.9. The van der Waals surface area contributed by atoms with Crippen molar-refractivity contribution in [2.45, 2.75) is 39.5 Å². The van der Waals surface area contributed by atoms with Crippen LogP contribution in [0.15, 0.2) is 41.3 Å². The first-order valence-electron chi connectivity index (χ1n) is 11.6. The number of carbonyl (C=O) groups is 3. The Bertz CT molecular complexity index is 1430. The van der Waals surface area contributed by atoms with Gasteiger partial charge in [0.2, 0.25) is 0 Å². The Labute approximate surface area is 211 Å². The number of hydrogen-bond acceptors (Lipinski definition) is 7.